The van der Waals surface area contributed by atoms with Gasteiger partial charge >= 0.3 is 0 Å². The lowest BCUT2D eigenvalue weighted by Gasteiger charge is -2.35. The highest BCUT2D eigenvalue weighted by atomic mass is 16.3. The Bertz CT molecular complexity index is 396. The summed E-state index contributed by atoms with van der Waals surface area (Å²) in [7, 11) is 0. The second kappa shape index (κ2) is 4.05. The predicted octanol–water partition coefficient (Wildman–Crippen LogP) is 1.75. The Morgan fingerprint density at radius 3 is 2.59 bits per heavy atom. The summed E-state index contributed by atoms with van der Waals surface area (Å²) < 4.78 is 0. The fourth-order valence-electron chi connectivity index (χ4n) is 3.75. The third kappa shape index (κ3) is 1.45. The lowest BCUT2D eigenvalue weighted by Crippen LogP contribution is -2.45. The second-order valence-corrected chi connectivity index (χ2v) is 5.63. The average Bonchev–Trinajstić information content (AvgIpc) is 2.74. The molecule has 0 amide bonds. The number of carbonyl (C=O) groups is 2. The van der Waals surface area contributed by atoms with Crippen LogP contribution in [0.4, 0.5) is 0 Å². The van der Waals surface area contributed by atoms with Crippen LogP contribution >= 0.6 is 0 Å². The number of rotatable bonds is 2. The van der Waals surface area contributed by atoms with Crippen molar-refractivity contribution >= 4 is 11.6 Å². The first-order chi connectivity index (χ1) is 7.96. The average molecular weight is 236 g/mol. The molecule has 1 spiro atoms. The molecule has 0 saturated heterocycles. The summed E-state index contributed by atoms with van der Waals surface area (Å²) in [6.07, 6.45) is 3.26. The lowest BCUT2D eigenvalue weighted by atomic mass is 9.65. The highest BCUT2D eigenvalue weighted by Gasteiger charge is 2.61. The number of allylic oxidation sites excluding steroid dienone is 2. The molecule has 4 atom stereocenters. The highest BCUT2D eigenvalue weighted by Crippen LogP contribution is 2.55. The third-order valence-electron chi connectivity index (χ3n) is 4.74. The first kappa shape index (κ1) is 12.5. The molecule has 0 radical (unpaired) electrons. The predicted molar refractivity (Wildman–Crippen MR) is 64.3 cm³/mol. The van der Waals surface area contributed by atoms with Crippen molar-refractivity contribution in [1.29, 1.82) is 0 Å². The Kier molecular flexibility index (Phi) is 2.98. The SMILES string of the molecule is CC1=CC(=O)[C@]2(C1=O)[C@H](C)CC[C@@H]2[C@H](C)CO. The molecule has 3 nitrogen and oxygen atoms in total. The first-order valence-electron chi connectivity index (χ1n) is 6.34. The minimum Gasteiger partial charge on any atom is -0.396 e. The number of aliphatic hydroxyl groups excluding tert-OH is 1. The number of carbonyl (C=O) groups excluding carboxylic acids is 2. The molecule has 0 aromatic carbocycles. The van der Waals surface area contributed by atoms with Crippen LogP contribution in [0.25, 0.3) is 0 Å². The van der Waals surface area contributed by atoms with Crippen molar-refractivity contribution in [2.75, 3.05) is 6.61 Å². The molecular weight excluding hydrogens is 216 g/mol. The molecule has 2 aliphatic rings. The molecule has 0 aromatic heterocycles. The quantitative estimate of drug-likeness (QED) is 0.743. The van der Waals surface area contributed by atoms with Crippen molar-refractivity contribution in [3.63, 3.8) is 0 Å². The molecule has 3 heteroatoms. The second-order valence-electron chi connectivity index (χ2n) is 5.63. The minimum atomic E-state index is -0.855. The van der Waals surface area contributed by atoms with Gasteiger partial charge in [-0.15, -0.1) is 0 Å². The molecule has 0 bridgehead atoms. The van der Waals surface area contributed by atoms with E-state index < -0.39 is 5.41 Å². The zero-order chi connectivity index (χ0) is 12.8. The lowest BCUT2D eigenvalue weighted by molar-refractivity contribution is -0.140. The van der Waals surface area contributed by atoms with E-state index >= 15 is 0 Å². The molecule has 1 saturated carbocycles. The summed E-state index contributed by atoms with van der Waals surface area (Å²) in [4.78, 5) is 24.7. The van der Waals surface area contributed by atoms with Gasteiger partial charge in [0.15, 0.2) is 11.6 Å². The Labute approximate surface area is 102 Å². The maximum absolute atomic E-state index is 12.4. The zero-order valence-electron chi connectivity index (χ0n) is 10.7. The zero-order valence-corrected chi connectivity index (χ0v) is 10.7. The van der Waals surface area contributed by atoms with Gasteiger partial charge in [-0.2, -0.15) is 0 Å². The normalized spacial score (nSPS) is 38.9. The van der Waals surface area contributed by atoms with Gasteiger partial charge in [0.05, 0.1) is 0 Å². The molecule has 0 aliphatic heterocycles. The molecule has 94 valence electrons. The van der Waals surface area contributed by atoms with Crippen LogP contribution in [0.1, 0.15) is 33.6 Å². The van der Waals surface area contributed by atoms with Gasteiger partial charge in [-0.3, -0.25) is 9.59 Å². The topological polar surface area (TPSA) is 54.4 Å². The van der Waals surface area contributed by atoms with Gasteiger partial charge in [-0.25, -0.2) is 0 Å². The number of Topliss-reactive ketones (excluding diaryl/α,β-unsaturated/α-hetero) is 1. The monoisotopic (exact) mass is 236 g/mol. The number of hydrogen-bond donors (Lipinski definition) is 1. The molecule has 0 heterocycles. The van der Waals surface area contributed by atoms with Gasteiger partial charge < -0.3 is 5.11 Å². The Morgan fingerprint density at radius 1 is 1.47 bits per heavy atom. The molecule has 2 rings (SSSR count). The maximum atomic E-state index is 12.4. The van der Waals surface area contributed by atoms with E-state index in [0.29, 0.717) is 5.57 Å². The summed E-state index contributed by atoms with van der Waals surface area (Å²) in [6, 6.07) is 0. The highest BCUT2D eigenvalue weighted by molar-refractivity contribution is 6.25. The summed E-state index contributed by atoms with van der Waals surface area (Å²) in [5.74, 6) is 0.0617. The van der Waals surface area contributed by atoms with E-state index in [1.807, 2.05) is 13.8 Å². The van der Waals surface area contributed by atoms with E-state index in [-0.39, 0.29) is 35.9 Å². The van der Waals surface area contributed by atoms with E-state index in [1.165, 1.54) is 6.08 Å². The molecule has 17 heavy (non-hydrogen) atoms. The van der Waals surface area contributed by atoms with E-state index in [1.54, 1.807) is 6.92 Å². The van der Waals surface area contributed by atoms with Crippen molar-refractivity contribution in [2.24, 2.45) is 23.2 Å². The van der Waals surface area contributed by atoms with E-state index in [0.717, 1.165) is 12.8 Å². The van der Waals surface area contributed by atoms with E-state index in [9.17, 15) is 14.7 Å². The van der Waals surface area contributed by atoms with Crippen LogP contribution in [0.15, 0.2) is 11.6 Å². The van der Waals surface area contributed by atoms with Crippen molar-refractivity contribution in [3.8, 4) is 0 Å². The fourth-order valence-corrected chi connectivity index (χ4v) is 3.75. The van der Waals surface area contributed by atoms with Gasteiger partial charge in [0.1, 0.15) is 5.41 Å². The van der Waals surface area contributed by atoms with Crippen molar-refractivity contribution in [3.05, 3.63) is 11.6 Å². The smallest absolute Gasteiger partial charge is 0.173 e. The number of hydrogen-bond acceptors (Lipinski definition) is 3. The molecule has 1 fully saturated rings. The maximum Gasteiger partial charge on any atom is 0.173 e. The van der Waals surface area contributed by atoms with Crippen LogP contribution in [-0.4, -0.2) is 23.3 Å². The summed E-state index contributed by atoms with van der Waals surface area (Å²) in [6.45, 7) is 5.68. The van der Waals surface area contributed by atoms with Gasteiger partial charge in [0, 0.05) is 6.61 Å². The Hall–Kier alpha value is -0.960. The van der Waals surface area contributed by atoms with E-state index in [2.05, 4.69) is 0 Å². The van der Waals surface area contributed by atoms with Gasteiger partial charge in [0.25, 0.3) is 0 Å². The molecule has 0 aromatic rings. The van der Waals surface area contributed by atoms with Crippen LogP contribution in [0.5, 0.6) is 0 Å². The molecule has 1 N–H and O–H groups in total. The largest absolute Gasteiger partial charge is 0.396 e. The summed E-state index contributed by atoms with van der Waals surface area (Å²) in [5, 5.41) is 9.32. The van der Waals surface area contributed by atoms with E-state index in [4.69, 9.17) is 0 Å². The third-order valence-corrected chi connectivity index (χ3v) is 4.74. The molecule has 2 aliphatic carbocycles. The molecular formula is C14H20O3. The van der Waals surface area contributed by atoms with Gasteiger partial charge in [-0.1, -0.05) is 13.8 Å². The van der Waals surface area contributed by atoms with Crippen LogP contribution < -0.4 is 0 Å². The Morgan fingerprint density at radius 2 is 2.12 bits per heavy atom. The number of ketones is 2. The fraction of sp³-hybridized carbons (Fsp3) is 0.714. The van der Waals surface area contributed by atoms with Crippen molar-refractivity contribution in [2.45, 2.75) is 33.6 Å². The van der Waals surface area contributed by atoms with Crippen molar-refractivity contribution in [1.82, 2.24) is 0 Å². The van der Waals surface area contributed by atoms with Crippen LogP contribution in [0.3, 0.4) is 0 Å². The van der Waals surface area contributed by atoms with Gasteiger partial charge in [0.2, 0.25) is 0 Å². The standard InChI is InChI=1S/C14H20O3/c1-8-6-12(16)14(13(8)17)10(3)4-5-11(14)9(2)7-15/h6,9-11,15H,4-5,7H2,1-3H3/t9-,10-,11-,14+/m1/s1. The summed E-state index contributed by atoms with van der Waals surface area (Å²) >= 11 is 0. The first-order valence-corrected chi connectivity index (χ1v) is 6.34. The minimum absolute atomic E-state index is 0.00204. The Balaban J connectivity index is 2.46. The van der Waals surface area contributed by atoms with Crippen LogP contribution in [0.2, 0.25) is 0 Å². The van der Waals surface area contributed by atoms with Crippen molar-refractivity contribution < 1.29 is 14.7 Å². The number of aliphatic hydroxyl groups is 1. The molecule has 0 unspecified atom stereocenters. The van der Waals surface area contributed by atoms with Crippen LogP contribution in [0, 0.1) is 23.2 Å². The van der Waals surface area contributed by atoms with Gasteiger partial charge in [-0.05, 0) is 49.2 Å². The summed E-state index contributed by atoms with van der Waals surface area (Å²) in [5.41, 5.74) is -0.273. The van der Waals surface area contributed by atoms with Crippen LogP contribution in [-0.2, 0) is 9.59 Å².